The molecule has 6 heteroatoms. The highest BCUT2D eigenvalue weighted by Gasteiger charge is 2.16. The van der Waals surface area contributed by atoms with Gasteiger partial charge in [-0.25, -0.2) is 8.78 Å². The predicted molar refractivity (Wildman–Crippen MR) is 46.2 cm³/mol. The number of aliphatic hydroxyl groups excluding tert-OH is 1. The summed E-state index contributed by atoms with van der Waals surface area (Å²) in [6.45, 7) is -0.814. The highest BCUT2D eigenvalue weighted by atomic mass is 19.3. The Morgan fingerprint density at radius 1 is 1.57 bits per heavy atom. The number of ether oxygens (including phenoxy) is 1. The minimum Gasteiger partial charge on any atom is -0.395 e. The van der Waals surface area contributed by atoms with Crippen molar-refractivity contribution >= 4 is 5.91 Å². The van der Waals surface area contributed by atoms with E-state index in [1.807, 2.05) is 0 Å². The lowest BCUT2D eigenvalue weighted by Gasteiger charge is -2.20. The molecule has 0 unspecified atom stereocenters. The van der Waals surface area contributed by atoms with Crippen LogP contribution in [0.4, 0.5) is 8.78 Å². The van der Waals surface area contributed by atoms with Gasteiger partial charge in [0.1, 0.15) is 0 Å². The van der Waals surface area contributed by atoms with Crippen LogP contribution < -0.4 is 0 Å². The van der Waals surface area contributed by atoms with E-state index in [9.17, 15) is 13.6 Å². The molecule has 0 spiro atoms. The minimum atomic E-state index is -2.58. The number of aliphatic hydroxyl groups is 1. The molecule has 0 rings (SSSR count). The number of nitrogens with zero attached hydrogens (tertiary/aromatic N) is 1. The van der Waals surface area contributed by atoms with Crippen molar-refractivity contribution in [3.05, 3.63) is 0 Å². The lowest BCUT2D eigenvalue weighted by Crippen LogP contribution is -2.37. The molecule has 0 saturated carbocycles. The Morgan fingerprint density at radius 2 is 2.21 bits per heavy atom. The topological polar surface area (TPSA) is 49.8 Å². The van der Waals surface area contributed by atoms with Gasteiger partial charge in [-0.2, -0.15) is 0 Å². The van der Waals surface area contributed by atoms with Crippen molar-refractivity contribution in [3.63, 3.8) is 0 Å². The number of rotatable bonds is 7. The normalized spacial score (nSPS) is 10.6. The van der Waals surface area contributed by atoms with Gasteiger partial charge in [0.2, 0.25) is 5.91 Å². The second-order valence-electron chi connectivity index (χ2n) is 2.70. The van der Waals surface area contributed by atoms with Crippen LogP contribution in [0.25, 0.3) is 0 Å². The Labute approximate surface area is 81.5 Å². The fourth-order valence-corrected chi connectivity index (χ4v) is 0.953. The summed E-state index contributed by atoms with van der Waals surface area (Å²) in [5, 5.41) is 8.55. The summed E-state index contributed by atoms with van der Waals surface area (Å²) in [6, 6.07) is 0. The second-order valence-corrected chi connectivity index (χ2v) is 2.70. The summed E-state index contributed by atoms with van der Waals surface area (Å²) in [7, 11) is 1.43. The Balaban J connectivity index is 3.97. The monoisotopic (exact) mass is 211 g/mol. The maximum atomic E-state index is 12.0. The van der Waals surface area contributed by atoms with Crippen LogP contribution in [0.1, 0.15) is 6.42 Å². The molecule has 0 atom stereocenters. The Hall–Kier alpha value is -0.750. The van der Waals surface area contributed by atoms with Gasteiger partial charge >= 0.3 is 0 Å². The van der Waals surface area contributed by atoms with E-state index in [0.717, 1.165) is 4.90 Å². The first-order valence-corrected chi connectivity index (χ1v) is 4.27. The van der Waals surface area contributed by atoms with Crippen LogP contribution in [-0.4, -0.2) is 55.8 Å². The quantitative estimate of drug-likeness (QED) is 0.650. The molecule has 4 nitrogen and oxygen atoms in total. The zero-order chi connectivity index (χ0) is 11.0. The Kier molecular flexibility index (Phi) is 7.23. The molecule has 0 aromatic carbocycles. The van der Waals surface area contributed by atoms with Gasteiger partial charge in [0.15, 0.2) is 0 Å². The van der Waals surface area contributed by atoms with E-state index < -0.39 is 18.9 Å². The fourth-order valence-electron chi connectivity index (χ4n) is 0.953. The lowest BCUT2D eigenvalue weighted by atomic mass is 10.3. The number of alkyl halides is 2. The van der Waals surface area contributed by atoms with Gasteiger partial charge in [0, 0.05) is 13.7 Å². The molecule has 14 heavy (non-hydrogen) atoms. The van der Waals surface area contributed by atoms with E-state index in [2.05, 4.69) is 4.74 Å². The molecule has 0 aromatic heterocycles. The van der Waals surface area contributed by atoms with Crippen molar-refractivity contribution in [3.8, 4) is 0 Å². The zero-order valence-electron chi connectivity index (χ0n) is 8.08. The number of halogens is 2. The van der Waals surface area contributed by atoms with E-state index in [-0.39, 0.29) is 26.2 Å². The van der Waals surface area contributed by atoms with Gasteiger partial charge in [-0.1, -0.05) is 0 Å². The van der Waals surface area contributed by atoms with E-state index >= 15 is 0 Å². The van der Waals surface area contributed by atoms with E-state index in [1.165, 1.54) is 7.11 Å². The zero-order valence-corrected chi connectivity index (χ0v) is 8.08. The van der Waals surface area contributed by atoms with E-state index in [1.54, 1.807) is 0 Å². The fraction of sp³-hybridized carbons (Fsp3) is 0.875. The third-order valence-corrected chi connectivity index (χ3v) is 1.60. The summed E-state index contributed by atoms with van der Waals surface area (Å²) >= 11 is 0. The summed E-state index contributed by atoms with van der Waals surface area (Å²) in [6.07, 6.45) is -2.52. The second kappa shape index (κ2) is 7.64. The Bertz CT molecular complexity index is 167. The van der Waals surface area contributed by atoms with Crippen LogP contribution in [-0.2, 0) is 9.53 Å². The molecule has 84 valence electrons. The first kappa shape index (κ1) is 13.2. The highest BCUT2D eigenvalue weighted by Crippen LogP contribution is 2.00. The third kappa shape index (κ3) is 5.82. The molecular formula is C8H15F2NO3. The maximum Gasteiger partial charge on any atom is 0.255 e. The average Bonchev–Trinajstić information content (AvgIpc) is 2.13. The number of methoxy groups -OCH3 is 1. The molecule has 0 heterocycles. The van der Waals surface area contributed by atoms with Crippen molar-refractivity contribution in [1.29, 1.82) is 0 Å². The van der Waals surface area contributed by atoms with E-state index in [4.69, 9.17) is 5.11 Å². The molecular weight excluding hydrogens is 196 g/mol. The van der Waals surface area contributed by atoms with Gasteiger partial charge < -0.3 is 14.7 Å². The standard InChI is InChI=1S/C8H15F2NO3/c1-14-5-2-8(13)11(3-4-12)6-7(9)10/h7,12H,2-6H2,1H3. The average molecular weight is 211 g/mol. The van der Waals surface area contributed by atoms with Crippen molar-refractivity contribution in [2.24, 2.45) is 0 Å². The lowest BCUT2D eigenvalue weighted by molar-refractivity contribution is -0.134. The molecule has 0 bridgehead atoms. The molecule has 0 fully saturated rings. The molecule has 0 aliphatic carbocycles. The number of hydrogen-bond donors (Lipinski definition) is 1. The summed E-state index contributed by atoms with van der Waals surface area (Å²) in [4.78, 5) is 12.2. The number of carbonyl (C=O) groups is 1. The number of carbonyl (C=O) groups excluding carboxylic acids is 1. The van der Waals surface area contributed by atoms with Crippen molar-refractivity contribution < 1.29 is 23.4 Å². The van der Waals surface area contributed by atoms with Gasteiger partial charge in [-0.3, -0.25) is 4.79 Å². The summed E-state index contributed by atoms with van der Waals surface area (Å²) < 4.78 is 28.6. The molecule has 1 N–H and O–H groups in total. The highest BCUT2D eigenvalue weighted by molar-refractivity contribution is 5.76. The van der Waals surface area contributed by atoms with Crippen LogP contribution in [0.5, 0.6) is 0 Å². The van der Waals surface area contributed by atoms with Crippen molar-refractivity contribution in [1.82, 2.24) is 4.90 Å². The minimum absolute atomic E-state index is 0.0587. The predicted octanol–water partition coefficient (Wildman–Crippen LogP) is 0.109. The van der Waals surface area contributed by atoms with Crippen LogP contribution in [0.3, 0.4) is 0 Å². The van der Waals surface area contributed by atoms with Crippen LogP contribution >= 0.6 is 0 Å². The summed E-state index contributed by atoms with van der Waals surface area (Å²) in [5.74, 6) is -0.429. The molecule has 0 aliphatic heterocycles. The molecule has 0 saturated heterocycles. The molecule has 0 aliphatic rings. The SMILES string of the molecule is COCCC(=O)N(CCO)CC(F)F. The maximum absolute atomic E-state index is 12.0. The van der Waals surface area contributed by atoms with Gasteiger partial charge in [-0.05, 0) is 0 Å². The Morgan fingerprint density at radius 3 is 2.64 bits per heavy atom. The molecule has 1 amide bonds. The van der Waals surface area contributed by atoms with Gasteiger partial charge in [0.05, 0.1) is 26.2 Å². The number of amides is 1. The smallest absolute Gasteiger partial charge is 0.255 e. The molecule has 0 radical (unpaired) electrons. The molecule has 0 aromatic rings. The first-order valence-electron chi connectivity index (χ1n) is 4.27. The third-order valence-electron chi connectivity index (χ3n) is 1.60. The van der Waals surface area contributed by atoms with Gasteiger partial charge in [0.25, 0.3) is 6.43 Å². The van der Waals surface area contributed by atoms with E-state index in [0.29, 0.717) is 0 Å². The van der Waals surface area contributed by atoms with Crippen molar-refractivity contribution in [2.75, 3.05) is 33.4 Å². The first-order chi connectivity index (χ1) is 6.61. The van der Waals surface area contributed by atoms with Gasteiger partial charge in [-0.15, -0.1) is 0 Å². The summed E-state index contributed by atoms with van der Waals surface area (Å²) in [5.41, 5.74) is 0. The van der Waals surface area contributed by atoms with Crippen LogP contribution in [0.2, 0.25) is 0 Å². The van der Waals surface area contributed by atoms with Crippen molar-refractivity contribution in [2.45, 2.75) is 12.8 Å². The number of hydrogen-bond acceptors (Lipinski definition) is 3. The largest absolute Gasteiger partial charge is 0.395 e. The van der Waals surface area contributed by atoms with Crippen LogP contribution in [0.15, 0.2) is 0 Å². The van der Waals surface area contributed by atoms with Crippen LogP contribution in [0, 0.1) is 0 Å².